The molecule has 0 unspecified atom stereocenters. The van der Waals surface area contributed by atoms with Gasteiger partial charge < -0.3 is 4.52 Å². The van der Waals surface area contributed by atoms with Gasteiger partial charge >= 0.3 is 0 Å². The lowest BCUT2D eigenvalue weighted by atomic mass is 10.5. The van der Waals surface area contributed by atoms with Crippen LogP contribution in [0.4, 0.5) is 0 Å². The number of hydrogen-bond donors (Lipinski definition) is 1. The van der Waals surface area contributed by atoms with E-state index in [0.717, 1.165) is 0 Å². The van der Waals surface area contributed by atoms with E-state index in [9.17, 15) is 8.42 Å². The molecule has 0 bridgehead atoms. The van der Waals surface area contributed by atoms with Gasteiger partial charge in [0.2, 0.25) is 10.0 Å². The number of nitrogens with zero attached hydrogens (tertiary/aromatic N) is 1. The molecule has 0 atom stereocenters. The fourth-order valence-corrected chi connectivity index (χ4v) is 1.48. The van der Waals surface area contributed by atoms with Crippen molar-refractivity contribution in [2.75, 3.05) is 7.05 Å². The molecule has 0 aliphatic heterocycles. The molecular weight excluding hydrogens is 168 g/mol. The molecule has 0 saturated heterocycles. The van der Waals surface area contributed by atoms with Crippen molar-refractivity contribution in [3.8, 4) is 0 Å². The van der Waals surface area contributed by atoms with Gasteiger partial charge in [0, 0.05) is 0 Å². The van der Waals surface area contributed by atoms with Crippen molar-refractivity contribution in [2.45, 2.75) is 11.8 Å². The summed E-state index contributed by atoms with van der Waals surface area (Å²) in [5.41, 5.74) is 0. The first kappa shape index (κ1) is 8.22. The largest absolute Gasteiger partial charge is 0.360 e. The van der Waals surface area contributed by atoms with Gasteiger partial charge in [-0.3, -0.25) is 0 Å². The molecule has 1 aromatic rings. The molecule has 0 aliphatic rings. The average Bonchev–Trinajstić information content (AvgIpc) is 2.36. The Kier molecular flexibility index (Phi) is 1.97. The summed E-state index contributed by atoms with van der Waals surface area (Å²) in [6, 6.07) is 0. The Morgan fingerprint density at radius 3 is 2.64 bits per heavy atom. The van der Waals surface area contributed by atoms with Crippen LogP contribution in [-0.2, 0) is 10.0 Å². The maximum atomic E-state index is 11.1. The highest BCUT2D eigenvalue weighted by Gasteiger charge is 2.17. The van der Waals surface area contributed by atoms with Crippen LogP contribution in [-0.4, -0.2) is 20.6 Å². The lowest BCUT2D eigenvalue weighted by molar-refractivity contribution is 0.394. The number of rotatable bonds is 2. The number of sulfonamides is 1. The van der Waals surface area contributed by atoms with Gasteiger partial charge in [-0.25, -0.2) is 13.1 Å². The Labute approximate surface area is 64.4 Å². The van der Waals surface area contributed by atoms with Crippen LogP contribution in [0.15, 0.2) is 15.6 Å². The highest BCUT2D eigenvalue weighted by molar-refractivity contribution is 7.89. The molecule has 6 heteroatoms. The first-order valence-corrected chi connectivity index (χ1v) is 4.41. The van der Waals surface area contributed by atoms with Gasteiger partial charge in [-0.15, -0.1) is 0 Å². The van der Waals surface area contributed by atoms with Crippen LogP contribution in [0, 0.1) is 6.92 Å². The van der Waals surface area contributed by atoms with Crippen LogP contribution in [0.5, 0.6) is 0 Å². The quantitative estimate of drug-likeness (QED) is 0.682. The zero-order valence-corrected chi connectivity index (χ0v) is 6.97. The standard InChI is InChI=1S/C5H8N2O3S/c1-4-5(3-7-10-4)11(8,9)6-2/h3,6H,1-2H3. The summed E-state index contributed by atoms with van der Waals surface area (Å²) in [5.74, 6) is 0.291. The molecule has 1 heterocycles. The molecule has 0 aromatic carbocycles. The van der Waals surface area contributed by atoms with Gasteiger partial charge in [-0.1, -0.05) is 5.16 Å². The number of hydrogen-bond acceptors (Lipinski definition) is 4. The van der Waals surface area contributed by atoms with Crippen LogP contribution < -0.4 is 4.72 Å². The lowest BCUT2D eigenvalue weighted by Crippen LogP contribution is -2.18. The van der Waals surface area contributed by atoms with Crippen LogP contribution >= 0.6 is 0 Å². The Balaban J connectivity index is 3.22. The summed E-state index contributed by atoms with van der Waals surface area (Å²) in [5, 5.41) is 3.34. The van der Waals surface area contributed by atoms with Crippen molar-refractivity contribution >= 4 is 10.0 Å². The van der Waals surface area contributed by atoms with Crippen molar-refractivity contribution in [1.29, 1.82) is 0 Å². The minimum Gasteiger partial charge on any atom is -0.360 e. The Hall–Kier alpha value is -0.880. The van der Waals surface area contributed by atoms with Gasteiger partial charge in [-0.2, -0.15) is 0 Å². The molecule has 0 fully saturated rings. The normalized spacial score (nSPS) is 11.8. The van der Waals surface area contributed by atoms with Crippen molar-refractivity contribution in [3.63, 3.8) is 0 Å². The van der Waals surface area contributed by atoms with E-state index in [1.807, 2.05) is 0 Å². The predicted octanol–water partition coefficient (Wildman–Crippen LogP) is -0.109. The average molecular weight is 176 g/mol. The van der Waals surface area contributed by atoms with Gasteiger partial charge in [0.1, 0.15) is 4.90 Å². The van der Waals surface area contributed by atoms with E-state index in [1.165, 1.54) is 20.2 Å². The van der Waals surface area contributed by atoms with Crippen molar-refractivity contribution in [1.82, 2.24) is 9.88 Å². The fraction of sp³-hybridized carbons (Fsp3) is 0.400. The van der Waals surface area contributed by atoms with Crippen molar-refractivity contribution in [2.24, 2.45) is 0 Å². The third-order valence-electron chi connectivity index (χ3n) is 1.26. The second-order valence-corrected chi connectivity index (χ2v) is 3.81. The molecule has 0 radical (unpaired) electrons. The summed E-state index contributed by atoms with van der Waals surface area (Å²) in [6.07, 6.45) is 1.17. The maximum absolute atomic E-state index is 11.1. The molecule has 0 spiro atoms. The van der Waals surface area contributed by atoms with Gasteiger partial charge in [0.05, 0.1) is 6.20 Å². The molecule has 62 valence electrons. The van der Waals surface area contributed by atoms with E-state index in [1.54, 1.807) is 0 Å². The molecule has 0 saturated carbocycles. The molecular formula is C5H8N2O3S. The first-order valence-electron chi connectivity index (χ1n) is 2.93. The van der Waals surface area contributed by atoms with Crippen LogP contribution in [0.2, 0.25) is 0 Å². The zero-order chi connectivity index (χ0) is 8.48. The lowest BCUT2D eigenvalue weighted by Gasteiger charge is -1.96. The minimum absolute atomic E-state index is 0.0833. The fourth-order valence-electron chi connectivity index (χ4n) is 0.658. The summed E-state index contributed by atoms with van der Waals surface area (Å²) in [4.78, 5) is 0.0833. The summed E-state index contributed by atoms with van der Waals surface area (Å²) >= 11 is 0. The van der Waals surface area contributed by atoms with E-state index in [0.29, 0.717) is 5.76 Å². The maximum Gasteiger partial charge on any atom is 0.245 e. The van der Waals surface area contributed by atoms with E-state index < -0.39 is 10.0 Å². The van der Waals surface area contributed by atoms with Crippen molar-refractivity contribution < 1.29 is 12.9 Å². The van der Waals surface area contributed by atoms with Gasteiger partial charge in [-0.05, 0) is 14.0 Å². The topological polar surface area (TPSA) is 72.2 Å². The first-order chi connectivity index (χ1) is 5.08. The second kappa shape index (κ2) is 2.63. The van der Waals surface area contributed by atoms with Crippen molar-refractivity contribution in [3.05, 3.63) is 12.0 Å². The van der Waals surface area contributed by atoms with Crippen LogP contribution in [0.3, 0.4) is 0 Å². The SMILES string of the molecule is CNS(=O)(=O)c1cnoc1C. The summed E-state index contributed by atoms with van der Waals surface area (Å²) in [6.45, 7) is 1.54. The molecule has 1 rings (SSSR count). The van der Waals surface area contributed by atoms with E-state index in [4.69, 9.17) is 0 Å². The van der Waals surface area contributed by atoms with Crippen LogP contribution in [0.25, 0.3) is 0 Å². The monoisotopic (exact) mass is 176 g/mol. The third kappa shape index (κ3) is 1.41. The number of nitrogens with one attached hydrogen (secondary N) is 1. The third-order valence-corrected chi connectivity index (χ3v) is 2.77. The molecule has 5 nitrogen and oxygen atoms in total. The number of aryl methyl sites for hydroxylation is 1. The van der Waals surface area contributed by atoms with Gasteiger partial charge in [0.25, 0.3) is 0 Å². The predicted molar refractivity (Wildman–Crippen MR) is 37.5 cm³/mol. The zero-order valence-electron chi connectivity index (χ0n) is 6.16. The summed E-state index contributed by atoms with van der Waals surface area (Å²) < 4.78 is 28.9. The molecule has 0 amide bonds. The molecule has 0 aliphatic carbocycles. The Morgan fingerprint density at radius 2 is 2.27 bits per heavy atom. The summed E-state index contributed by atoms with van der Waals surface area (Å²) in [7, 11) is -2.06. The van der Waals surface area contributed by atoms with E-state index in [2.05, 4.69) is 14.4 Å². The molecule has 11 heavy (non-hydrogen) atoms. The highest BCUT2D eigenvalue weighted by atomic mass is 32.2. The van der Waals surface area contributed by atoms with Crippen LogP contribution in [0.1, 0.15) is 5.76 Å². The Morgan fingerprint density at radius 1 is 1.64 bits per heavy atom. The Bertz CT molecular complexity index is 340. The van der Waals surface area contributed by atoms with E-state index >= 15 is 0 Å². The molecule has 1 aromatic heterocycles. The minimum atomic E-state index is -3.39. The molecule has 1 N–H and O–H groups in total. The smallest absolute Gasteiger partial charge is 0.245 e. The second-order valence-electron chi connectivity index (χ2n) is 1.95. The van der Waals surface area contributed by atoms with Gasteiger partial charge in [0.15, 0.2) is 5.76 Å². The highest BCUT2D eigenvalue weighted by Crippen LogP contribution is 2.11. The van der Waals surface area contributed by atoms with E-state index in [-0.39, 0.29) is 4.90 Å². The number of aromatic nitrogens is 1.